The molecule has 0 aliphatic rings. The van der Waals surface area contributed by atoms with E-state index in [4.69, 9.17) is 5.21 Å². The molecular weight excluding hydrogens is 206 g/mol. The van der Waals surface area contributed by atoms with Gasteiger partial charge < -0.3 is 10.5 Å². The van der Waals surface area contributed by atoms with Crippen LogP contribution in [-0.4, -0.2) is 48.4 Å². The first-order valence-corrected chi connectivity index (χ1v) is 5.14. The SMILES string of the molecule is C=CCN(CC=C)CCCNC(=O)/C=N\O. The summed E-state index contributed by atoms with van der Waals surface area (Å²) in [5.41, 5.74) is 0. The van der Waals surface area contributed by atoms with Crippen LogP contribution in [0.1, 0.15) is 6.42 Å². The van der Waals surface area contributed by atoms with Crippen molar-refractivity contribution >= 4 is 12.1 Å². The highest BCUT2D eigenvalue weighted by Gasteiger charge is 2.00. The fourth-order valence-corrected chi connectivity index (χ4v) is 1.23. The molecular formula is C11H19N3O2. The molecule has 0 aliphatic carbocycles. The van der Waals surface area contributed by atoms with Crippen molar-refractivity contribution in [3.8, 4) is 0 Å². The fourth-order valence-electron chi connectivity index (χ4n) is 1.23. The summed E-state index contributed by atoms with van der Waals surface area (Å²) in [6.07, 6.45) is 5.33. The maximum absolute atomic E-state index is 10.9. The van der Waals surface area contributed by atoms with Crippen molar-refractivity contribution in [1.82, 2.24) is 10.2 Å². The smallest absolute Gasteiger partial charge is 0.265 e. The van der Waals surface area contributed by atoms with Crippen LogP contribution < -0.4 is 5.32 Å². The summed E-state index contributed by atoms with van der Waals surface area (Å²) in [4.78, 5) is 13.0. The van der Waals surface area contributed by atoms with Crippen molar-refractivity contribution < 1.29 is 10.0 Å². The van der Waals surface area contributed by atoms with E-state index in [2.05, 4.69) is 28.5 Å². The lowest BCUT2D eigenvalue weighted by atomic mass is 10.3. The number of rotatable bonds is 9. The Morgan fingerprint density at radius 2 is 2.00 bits per heavy atom. The van der Waals surface area contributed by atoms with Crippen LogP contribution in [0.4, 0.5) is 0 Å². The summed E-state index contributed by atoms with van der Waals surface area (Å²) in [7, 11) is 0. The molecule has 5 heteroatoms. The van der Waals surface area contributed by atoms with Gasteiger partial charge in [-0.3, -0.25) is 9.69 Å². The van der Waals surface area contributed by atoms with E-state index in [1.807, 2.05) is 12.2 Å². The molecule has 0 heterocycles. The third kappa shape index (κ3) is 7.75. The molecule has 1 amide bonds. The zero-order valence-electron chi connectivity index (χ0n) is 9.43. The van der Waals surface area contributed by atoms with Crippen molar-refractivity contribution in [1.29, 1.82) is 0 Å². The van der Waals surface area contributed by atoms with E-state index >= 15 is 0 Å². The van der Waals surface area contributed by atoms with Crippen LogP contribution in [0.3, 0.4) is 0 Å². The molecule has 0 aromatic heterocycles. The van der Waals surface area contributed by atoms with Gasteiger partial charge in [0.2, 0.25) is 0 Å². The second kappa shape index (κ2) is 9.92. The lowest BCUT2D eigenvalue weighted by molar-refractivity contribution is -0.114. The minimum Gasteiger partial charge on any atom is -0.411 e. The molecule has 0 radical (unpaired) electrons. The van der Waals surface area contributed by atoms with Gasteiger partial charge in [0.15, 0.2) is 0 Å². The van der Waals surface area contributed by atoms with Gasteiger partial charge in [-0.05, 0) is 6.42 Å². The second-order valence-electron chi connectivity index (χ2n) is 3.23. The van der Waals surface area contributed by atoms with Gasteiger partial charge >= 0.3 is 0 Å². The maximum atomic E-state index is 10.9. The van der Waals surface area contributed by atoms with Gasteiger partial charge in [-0.25, -0.2) is 0 Å². The van der Waals surface area contributed by atoms with Gasteiger partial charge in [0.1, 0.15) is 6.21 Å². The number of hydrogen-bond donors (Lipinski definition) is 2. The Morgan fingerprint density at radius 3 is 2.50 bits per heavy atom. The van der Waals surface area contributed by atoms with E-state index in [0.717, 1.165) is 32.3 Å². The molecule has 90 valence electrons. The maximum Gasteiger partial charge on any atom is 0.265 e. The first kappa shape index (κ1) is 14.4. The van der Waals surface area contributed by atoms with Crippen LogP contribution in [0.5, 0.6) is 0 Å². The van der Waals surface area contributed by atoms with Gasteiger partial charge in [0, 0.05) is 26.2 Å². The van der Waals surface area contributed by atoms with Gasteiger partial charge in [-0.15, -0.1) is 13.2 Å². The van der Waals surface area contributed by atoms with E-state index < -0.39 is 0 Å². The number of hydrogen-bond acceptors (Lipinski definition) is 4. The monoisotopic (exact) mass is 225 g/mol. The third-order valence-corrected chi connectivity index (χ3v) is 1.90. The van der Waals surface area contributed by atoms with Gasteiger partial charge in [0.05, 0.1) is 0 Å². The number of nitrogens with zero attached hydrogens (tertiary/aromatic N) is 2. The molecule has 16 heavy (non-hydrogen) atoms. The summed E-state index contributed by atoms with van der Waals surface area (Å²) in [5, 5.41) is 13.3. The van der Waals surface area contributed by atoms with Gasteiger partial charge in [-0.2, -0.15) is 0 Å². The van der Waals surface area contributed by atoms with E-state index in [9.17, 15) is 4.79 Å². The standard InChI is InChI=1S/C11H19N3O2/c1-3-7-14(8-4-2)9-5-6-12-11(15)10-13-16/h3-4,10,16H,1-2,5-9H2,(H,12,15)/b13-10-. The summed E-state index contributed by atoms with van der Waals surface area (Å²) >= 11 is 0. The molecule has 0 atom stereocenters. The highest BCUT2D eigenvalue weighted by atomic mass is 16.4. The van der Waals surface area contributed by atoms with Gasteiger partial charge in [-0.1, -0.05) is 17.3 Å². The number of carbonyl (C=O) groups is 1. The van der Waals surface area contributed by atoms with Crippen LogP contribution in [0.25, 0.3) is 0 Å². The first-order valence-electron chi connectivity index (χ1n) is 5.14. The molecule has 0 unspecified atom stereocenters. The number of carbonyl (C=O) groups excluding carboxylic acids is 1. The second-order valence-corrected chi connectivity index (χ2v) is 3.23. The molecule has 0 rings (SSSR count). The number of amides is 1. The Hall–Kier alpha value is -1.62. The summed E-state index contributed by atoms with van der Waals surface area (Å²) in [5.74, 6) is -0.388. The van der Waals surface area contributed by atoms with Crippen molar-refractivity contribution in [3.05, 3.63) is 25.3 Å². The third-order valence-electron chi connectivity index (χ3n) is 1.90. The van der Waals surface area contributed by atoms with Crippen molar-refractivity contribution in [3.63, 3.8) is 0 Å². The molecule has 0 aromatic carbocycles. The van der Waals surface area contributed by atoms with Crippen LogP contribution in [0.15, 0.2) is 30.5 Å². The zero-order valence-corrected chi connectivity index (χ0v) is 9.43. The topological polar surface area (TPSA) is 64.9 Å². The predicted molar refractivity (Wildman–Crippen MR) is 64.7 cm³/mol. The zero-order chi connectivity index (χ0) is 12.2. The molecule has 0 spiro atoms. The summed E-state index contributed by atoms with van der Waals surface area (Å²) in [6, 6.07) is 0. The molecule has 0 bridgehead atoms. The van der Waals surface area contributed by atoms with Gasteiger partial charge in [0.25, 0.3) is 5.91 Å². The average molecular weight is 225 g/mol. The number of nitrogens with one attached hydrogen (secondary N) is 1. The van der Waals surface area contributed by atoms with Crippen LogP contribution in [-0.2, 0) is 4.79 Å². The predicted octanol–water partition coefficient (Wildman–Crippen LogP) is 0.627. The summed E-state index contributed by atoms with van der Waals surface area (Å²) in [6.45, 7) is 10.4. The quantitative estimate of drug-likeness (QED) is 0.199. The Labute approximate surface area is 96.1 Å². The molecule has 0 fully saturated rings. The lowest BCUT2D eigenvalue weighted by Gasteiger charge is -2.18. The van der Waals surface area contributed by atoms with E-state index in [1.54, 1.807) is 0 Å². The molecule has 0 saturated carbocycles. The minimum atomic E-state index is -0.388. The molecule has 0 aromatic rings. The Balaban J connectivity index is 3.64. The lowest BCUT2D eigenvalue weighted by Crippen LogP contribution is -2.30. The van der Waals surface area contributed by atoms with Crippen molar-refractivity contribution in [2.45, 2.75) is 6.42 Å². The van der Waals surface area contributed by atoms with E-state index in [1.165, 1.54) is 0 Å². The number of oxime groups is 1. The average Bonchev–Trinajstić information content (AvgIpc) is 2.25. The first-order chi connectivity index (χ1) is 7.74. The van der Waals surface area contributed by atoms with Crippen molar-refractivity contribution in [2.75, 3.05) is 26.2 Å². The summed E-state index contributed by atoms with van der Waals surface area (Å²) < 4.78 is 0. The van der Waals surface area contributed by atoms with E-state index in [-0.39, 0.29) is 5.91 Å². The van der Waals surface area contributed by atoms with Crippen LogP contribution >= 0.6 is 0 Å². The van der Waals surface area contributed by atoms with E-state index in [0.29, 0.717) is 6.54 Å². The Kier molecular flexibility index (Phi) is 8.91. The molecule has 0 aliphatic heterocycles. The Morgan fingerprint density at radius 1 is 1.38 bits per heavy atom. The highest BCUT2D eigenvalue weighted by molar-refractivity contribution is 6.25. The van der Waals surface area contributed by atoms with Crippen LogP contribution in [0, 0.1) is 0 Å². The molecule has 2 N–H and O–H groups in total. The largest absolute Gasteiger partial charge is 0.411 e. The molecule has 0 saturated heterocycles. The Bertz CT molecular complexity index is 242. The van der Waals surface area contributed by atoms with Crippen molar-refractivity contribution in [2.24, 2.45) is 5.16 Å². The normalized spacial score (nSPS) is 10.6. The minimum absolute atomic E-state index is 0.388. The highest BCUT2D eigenvalue weighted by Crippen LogP contribution is 1.91. The molecule has 5 nitrogen and oxygen atoms in total. The fraction of sp³-hybridized carbons (Fsp3) is 0.455. The van der Waals surface area contributed by atoms with Crippen LogP contribution in [0.2, 0.25) is 0 Å².